The topological polar surface area (TPSA) is 27.7 Å². The van der Waals surface area contributed by atoms with Gasteiger partial charge in [0.2, 0.25) is 0 Å². The van der Waals surface area contributed by atoms with Crippen molar-refractivity contribution in [3.8, 4) is 0 Å². The second-order valence-corrected chi connectivity index (χ2v) is 6.38. The van der Waals surface area contributed by atoms with Gasteiger partial charge in [0.1, 0.15) is 0 Å². The zero-order valence-corrected chi connectivity index (χ0v) is 14.2. The third kappa shape index (κ3) is 3.10. The number of fused-ring (bicyclic) bond motifs is 1. The van der Waals surface area contributed by atoms with Crippen molar-refractivity contribution < 1.29 is 4.74 Å². The van der Waals surface area contributed by atoms with E-state index in [1.165, 1.54) is 17.0 Å². The lowest BCUT2D eigenvalue weighted by molar-refractivity contribution is 0.176. The molecule has 1 aromatic carbocycles. The summed E-state index contributed by atoms with van der Waals surface area (Å²) in [6, 6.07) is 5.70. The molecule has 6 heteroatoms. The van der Waals surface area contributed by atoms with Gasteiger partial charge >= 0.3 is 0 Å². The molecule has 2 aliphatic heterocycles. The Kier molecular flexibility index (Phi) is 4.64. The van der Waals surface area contributed by atoms with Gasteiger partial charge in [-0.05, 0) is 24.3 Å². The van der Waals surface area contributed by atoms with Gasteiger partial charge in [-0.1, -0.05) is 23.2 Å². The number of benzene rings is 1. The van der Waals surface area contributed by atoms with Crippen molar-refractivity contribution in [2.24, 2.45) is 0 Å². The van der Waals surface area contributed by atoms with Crippen LogP contribution in [0.2, 0.25) is 10.0 Å². The number of rotatable bonds is 4. The Morgan fingerprint density at radius 2 is 1.95 bits per heavy atom. The van der Waals surface area contributed by atoms with Crippen molar-refractivity contribution in [3.05, 3.63) is 51.2 Å². The first-order valence-corrected chi connectivity index (χ1v) is 7.96. The standard InChI is InChI=1S/C16H19Cl2N3O/c1-20-10-14-15(19-20)3-4-21(5-6-22-2)16(14)11-7-12(17)9-13(18)8-11/h3,7-9,19H,4-6,10H2,1-2H3. The molecule has 1 N–H and O–H groups in total. The van der Waals surface area contributed by atoms with Crippen LogP contribution in [0.4, 0.5) is 0 Å². The minimum absolute atomic E-state index is 0.651. The molecule has 118 valence electrons. The van der Waals surface area contributed by atoms with Gasteiger partial charge in [0.25, 0.3) is 0 Å². The summed E-state index contributed by atoms with van der Waals surface area (Å²) in [7, 11) is 3.76. The molecule has 0 aliphatic carbocycles. The largest absolute Gasteiger partial charge is 0.383 e. The van der Waals surface area contributed by atoms with Gasteiger partial charge in [-0.25, -0.2) is 5.01 Å². The molecular weight excluding hydrogens is 321 g/mol. The van der Waals surface area contributed by atoms with Crippen LogP contribution in [0, 0.1) is 0 Å². The van der Waals surface area contributed by atoms with Crippen molar-refractivity contribution in [1.29, 1.82) is 0 Å². The summed E-state index contributed by atoms with van der Waals surface area (Å²) in [6.45, 7) is 3.18. The van der Waals surface area contributed by atoms with Crippen molar-refractivity contribution in [1.82, 2.24) is 15.3 Å². The number of hydrogen-bond acceptors (Lipinski definition) is 4. The lowest BCUT2D eigenvalue weighted by atomic mass is 10.00. The molecule has 1 saturated heterocycles. The van der Waals surface area contributed by atoms with Crippen LogP contribution in [0.15, 0.2) is 35.5 Å². The van der Waals surface area contributed by atoms with Gasteiger partial charge in [0.15, 0.2) is 0 Å². The Bertz CT molecular complexity index is 622. The van der Waals surface area contributed by atoms with E-state index < -0.39 is 0 Å². The average Bonchev–Trinajstić information content (AvgIpc) is 2.83. The average molecular weight is 340 g/mol. The molecule has 4 nitrogen and oxygen atoms in total. The fourth-order valence-electron chi connectivity index (χ4n) is 2.94. The van der Waals surface area contributed by atoms with E-state index in [0.29, 0.717) is 16.7 Å². The van der Waals surface area contributed by atoms with Crippen LogP contribution in [0.25, 0.3) is 5.70 Å². The van der Waals surface area contributed by atoms with E-state index in [1.807, 2.05) is 19.2 Å². The fraction of sp³-hybridized carbons (Fsp3) is 0.375. The van der Waals surface area contributed by atoms with Gasteiger partial charge < -0.3 is 15.1 Å². The van der Waals surface area contributed by atoms with Crippen molar-refractivity contribution in [3.63, 3.8) is 0 Å². The Balaban J connectivity index is 2.07. The lowest BCUT2D eigenvalue weighted by Crippen LogP contribution is -2.31. The van der Waals surface area contributed by atoms with Gasteiger partial charge in [-0.3, -0.25) is 0 Å². The van der Waals surface area contributed by atoms with Crippen LogP contribution < -0.4 is 5.43 Å². The zero-order chi connectivity index (χ0) is 15.7. The summed E-state index contributed by atoms with van der Waals surface area (Å²) in [6.07, 6.45) is 2.21. The molecule has 1 aromatic rings. The highest BCUT2D eigenvalue weighted by Gasteiger charge is 2.29. The molecule has 22 heavy (non-hydrogen) atoms. The highest BCUT2D eigenvalue weighted by Crippen LogP contribution is 2.35. The van der Waals surface area contributed by atoms with E-state index >= 15 is 0 Å². The van der Waals surface area contributed by atoms with E-state index in [0.717, 1.165) is 25.2 Å². The van der Waals surface area contributed by atoms with E-state index in [9.17, 15) is 0 Å². The van der Waals surface area contributed by atoms with E-state index in [-0.39, 0.29) is 0 Å². The SMILES string of the molecule is COCCN1CC=C2NN(C)CC2=C1c1cc(Cl)cc(Cl)c1. The van der Waals surface area contributed by atoms with Gasteiger partial charge in [-0.15, -0.1) is 0 Å². The maximum Gasteiger partial charge on any atom is 0.0637 e. The summed E-state index contributed by atoms with van der Waals surface area (Å²) in [4.78, 5) is 2.31. The number of methoxy groups -OCH3 is 1. The Hall–Kier alpha value is -1.20. The van der Waals surface area contributed by atoms with Gasteiger partial charge in [0, 0.05) is 55.0 Å². The lowest BCUT2D eigenvalue weighted by Gasteiger charge is -2.31. The van der Waals surface area contributed by atoms with Crippen LogP contribution in [0.5, 0.6) is 0 Å². The molecule has 3 rings (SSSR count). The second kappa shape index (κ2) is 6.50. The smallest absolute Gasteiger partial charge is 0.0637 e. The molecule has 0 radical (unpaired) electrons. The third-order valence-corrected chi connectivity index (χ3v) is 4.29. The number of halogens is 2. The third-order valence-electron chi connectivity index (χ3n) is 3.85. The van der Waals surface area contributed by atoms with Crippen molar-refractivity contribution in [2.45, 2.75) is 0 Å². The number of nitrogens with one attached hydrogen (secondary N) is 1. The number of likely N-dealkylation sites (N-methyl/N-ethyl adjacent to an activating group) is 1. The first-order valence-electron chi connectivity index (χ1n) is 7.20. The van der Waals surface area contributed by atoms with Crippen LogP contribution in [-0.2, 0) is 4.74 Å². The summed E-state index contributed by atoms with van der Waals surface area (Å²) >= 11 is 12.4. The summed E-state index contributed by atoms with van der Waals surface area (Å²) in [5.41, 5.74) is 8.03. The normalized spacial score (nSPS) is 18.4. The monoisotopic (exact) mass is 339 g/mol. The highest BCUT2D eigenvalue weighted by atomic mass is 35.5. The molecule has 0 bridgehead atoms. The molecule has 0 unspecified atom stereocenters. The van der Waals surface area contributed by atoms with Crippen molar-refractivity contribution in [2.75, 3.05) is 40.4 Å². The number of ether oxygens (including phenoxy) is 1. The number of hydrazine groups is 1. The zero-order valence-electron chi connectivity index (χ0n) is 12.7. The summed E-state index contributed by atoms with van der Waals surface area (Å²) in [5.74, 6) is 0. The number of nitrogens with zero attached hydrogens (tertiary/aromatic N) is 2. The summed E-state index contributed by atoms with van der Waals surface area (Å²) < 4.78 is 5.25. The first kappa shape index (κ1) is 15.7. The Labute approximate surface area is 140 Å². The van der Waals surface area contributed by atoms with Gasteiger partial charge in [0.05, 0.1) is 18.0 Å². The molecule has 0 amide bonds. The van der Waals surface area contributed by atoms with Gasteiger partial charge in [-0.2, -0.15) is 0 Å². The quantitative estimate of drug-likeness (QED) is 0.912. The molecule has 0 saturated carbocycles. The van der Waals surface area contributed by atoms with E-state index in [4.69, 9.17) is 27.9 Å². The Morgan fingerprint density at radius 1 is 1.23 bits per heavy atom. The molecule has 1 fully saturated rings. The van der Waals surface area contributed by atoms with Crippen LogP contribution >= 0.6 is 23.2 Å². The maximum absolute atomic E-state index is 6.20. The predicted octanol–water partition coefficient (Wildman–Crippen LogP) is 3.00. The van der Waals surface area contributed by atoms with Crippen LogP contribution in [-0.4, -0.2) is 50.3 Å². The number of hydrogen-bond donors (Lipinski definition) is 1. The Morgan fingerprint density at radius 3 is 2.64 bits per heavy atom. The summed E-state index contributed by atoms with van der Waals surface area (Å²) in [5, 5.41) is 3.38. The minimum Gasteiger partial charge on any atom is -0.383 e. The van der Waals surface area contributed by atoms with E-state index in [2.05, 4.69) is 21.4 Å². The molecular formula is C16H19Cl2N3O. The minimum atomic E-state index is 0.651. The molecule has 0 aromatic heterocycles. The van der Waals surface area contributed by atoms with Crippen LogP contribution in [0.1, 0.15) is 5.56 Å². The first-order chi connectivity index (χ1) is 10.6. The van der Waals surface area contributed by atoms with Crippen LogP contribution in [0.3, 0.4) is 0 Å². The van der Waals surface area contributed by atoms with E-state index in [1.54, 1.807) is 13.2 Å². The molecule has 0 atom stereocenters. The van der Waals surface area contributed by atoms with Crippen molar-refractivity contribution >= 4 is 28.9 Å². The second-order valence-electron chi connectivity index (χ2n) is 5.51. The maximum atomic E-state index is 6.20. The molecule has 2 heterocycles. The fourth-order valence-corrected chi connectivity index (χ4v) is 3.47. The highest BCUT2D eigenvalue weighted by molar-refractivity contribution is 6.34. The molecule has 0 spiro atoms. The molecule has 2 aliphatic rings. The predicted molar refractivity (Wildman–Crippen MR) is 90.7 cm³/mol.